The molecule has 0 aromatic rings. The molecule has 0 aliphatic carbocycles. The van der Waals surface area contributed by atoms with Crippen LogP contribution in [0, 0.1) is 10.8 Å². The first kappa shape index (κ1) is 54.6. The zero-order chi connectivity index (χ0) is 46.7. The molecule has 19 N–H and O–H groups in total. The summed E-state index contributed by atoms with van der Waals surface area (Å²) in [5.74, 6) is -11.1. The highest BCUT2D eigenvalue weighted by Crippen LogP contribution is 2.09. The second-order valence-corrected chi connectivity index (χ2v) is 14.5. The first-order chi connectivity index (χ1) is 28.6. The Hall–Kier alpha value is -6.41. The molecule has 61 heavy (non-hydrogen) atoms. The van der Waals surface area contributed by atoms with E-state index in [1.54, 1.807) is 6.26 Å². The SMILES string of the molecule is CSCC[C@H](NC(=O)[C@H](CCC(=O)O)NC(=O)[C@H](CCC(=O)O)NC(C)=O)C(=O)N[C@@H](CCC(=O)O)C(=O)N[C@@H](CCCNC(=N)N)C(=O)N[C@@H](CCCNC(=N)N)C(N)=O. The lowest BCUT2D eigenvalue weighted by atomic mass is 10.0. The van der Waals surface area contributed by atoms with Gasteiger partial charge in [-0.15, -0.1) is 0 Å². The second-order valence-electron chi connectivity index (χ2n) is 13.5. The maximum atomic E-state index is 13.8. The second kappa shape index (κ2) is 29.7. The van der Waals surface area contributed by atoms with E-state index in [9.17, 15) is 58.2 Å². The Kier molecular flexibility index (Phi) is 26.6. The average Bonchev–Trinajstić information content (AvgIpc) is 3.16. The largest absolute Gasteiger partial charge is 0.481 e. The van der Waals surface area contributed by atoms with Crippen molar-refractivity contribution in [2.75, 3.05) is 25.1 Å². The summed E-state index contributed by atoms with van der Waals surface area (Å²) in [7, 11) is 0. The lowest BCUT2D eigenvalue weighted by molar-refractivity contribution is -0.140. The van der Waals surface area contributed by atoms with E-state index < -0.39 is 128 Å². The molecule has 0 saturated carbocycles. The molecule has 0 aliphatic heterocycles. The van der Waals surface area contributed by atoms with Crippen molar-refractivity contribution < 1.29 is 63.3 Å². The molecule has 0 fully saturated rings. The third-order valence-electron chi connectivity index (χ3n) is 8.41. The van der Waals surface area contributed by atoms with Crippen LogP contribution in [0.4, 0.5) is 0 Å². The number of nitrogens with one attached hydrogen (secondary N) is 10. The van der Waals surface area contributed by atoms with Gasteiger partial charge in [0.2, 0.25) is 41.4 Å². The summed E-state index contributed by atoms with van der Waals surface area (Å²) in [5, 5.41) is 61.7. The first-order valence-corrected chi connectivity index (χ1v) is 20.4. The van der Waals surface area contributed by atoms with Crippen LogP contribution in [0.3, 0.4) is 0 Å². The minimum atomic E-state index is -1.64. The molecular weight excluding hydrogens is 831 g/mol. The molecule has 27 heteroatoms. The number of hydrogen-bond acceptors (Lipinski definition) is 13. The summed E-state index contributed by atoms with van der Waals surface area (Å²) in [6.45, 7) is 1.31. The number of carbonyl (C=O) groups is 10. The molecule has 0 aliphatic rings. The number of carboxylic acids is 3. The van der Waals surface area contributed by atoms with Crippen molar-refractivity contribution in [1.29, 1.82) is 10.8 Å². The molecule has 0 spiro atoms. The van der Waals surface area contributed by atoms with E-state index in [0.717, 1.165) is 6.92 Å². The van der Waals surface area contributed by atoms with Gasteiger partial charge < -0.3 is 75.1 Å². The number of guanidine groups is 2. The monoisotopic (exact) mass is 889 g/mol. The van der Waals surface area contributed by atoms with Gasteiger partial charge >= 0.3 is 17.9 Å². The summed E-state index contributed by atoms with van der Waals surface area (Å²) in [4.78, 5) is 126. The maximum Gasteiger partial charge on any atom is 0.303 e. The van der Waals surface area contributed by atoms with Crippen molar-refractivity contribution >= 4 is 82.9 Å². The number of nitrogens with two attached hydrogens (primary N) is 3. The fraction of sp³-hybridized carbons (Fsp3) is 0.647. The summed E-state index contributed by atoms with van der Waals surface area (Å²) in [5.41, 5.74) is 16.1. The standard InChI is InChI=1S/C34H59N13O13S/c1-17(48)42-20(7-10-24(49)50)29(57)45-22(9-12-26(53)54)31(59)47-23(13-16-61-2)32(60)46-21(8-11-25(51)52)30(58)44-19(6-4-15-41-34(38)39)28(56)43-18(27(35)55)5-3-14-40-33(36)37/h18-23H,3-16H2,1-2H3,(H2,35,55)(H,42,48)(H,43,56)(H,44,58)(H,45,57)(H,46,60)(H,47,59)(H,49,50)(H,51,52)(H,53,54)(H4,36,37,40)(H4,38,39,41)/t18-,19-,20-,21-,22-,23-/m0/s1. The number of carbonyl (C=O) groups excluding carboxylic acids is 7. The summed E-state index contributed by atoms with van der Waals surface area (Å²) in [6, 6.07) is -8.79. The Morgan fingerprint density at radius 3 is 1.08 bits per heavy atom. The Labute approximate surface area is 355 Å². The van der Waals surface area contributed by atoms with E-state index in [4.69, 9.17) is 33.1 Å². The van der Waals surface area contributed by atoms with Gasteiger partial charge in [0.1, 0.15) is 36.3 Å². The van der Waals surface area contributed by atoms with Crippen LogP contribution in [-0.2, 0) is 47.9 Å². The van der Waals surface area contributed by atoms with Crippen LogP contribution in [0.1, 0.15) is 77.6 Å². The molecule has 0 saturated heterocycles. The molecule has 0 heterocycles. The van der Waals surface area contributed by atoms with Crippen molar-refractivity contribution in [3.63, 3.8) is 0 Å². The fourth-order valence-electron chi connectivity index (χ4n) is 5.33. The van der Waals surface area contributed by atoms with E-state index in [2.05, 4.69) is 42.5 Å². The molecule has 344 valence electrons. The van der Waals surface area contributed by atoms with Gasteiger partial charge in [-0.1, -0.05) is 0 Å². The van der Waals surface area contributed by atoms with E-state index >= 15 is 0 Å². The molecule has 26 nitrogen and oxygen atoms in total. The van der Waals surface area contributed by atoms with Crippen molar-refractivity contribution in [1.82, 2.24) is 42.5 Å². The number of primary amides is 1. The van der Waals surface area contributed by atoms with Crippen molar-refractivity contribution in [2.24, 2.45) is 17.2 Å². The highest BCUT2D eigenvalue weighted by Gasteiger charge is 2.33. The minimum Gasteiger partial charge on any atom is -0.481 e. The van der Waals surface area contributed by atoms with Gasteiger partial charge in [-0.25, -0.2) is 0 Å². The molecule has 6 atom stereocenters. The van der Waals surface area contributed by atoms with Crippen molar-refractivity contribution in [3.05, 3.63) is 0 Å². The lowest BCUT2D eigenvalue weighted by Crippen LogP contribution is -2.59. The summed E-state index contributed by atoms with van der Waals surface area (Å²) < 4.78 is 0. The predicted molar refractivity (Wildman–Crippen MR) is 218 cm³/mol. The zero-order valence-corrected chi connectivity index (χ0v) is 34.7. The van der Waals surface area contributed by atoms with E-state index in [1.165, 1.54) is 11.8 Å². The Morgan fingerprint density at radius 2 is 0.787 bits per heavy atom. The van der Waals surface area contributed by atoms with Gasteiger partial charge in [0.05, 0.1) is 0 Å². The predicted octanol–water partition coefficient (Wildman–Crippen LogP) is -4.73. The number of carboxylic acid groups (broad SMARTS) is 3. The third-order valence-corrected chi connectivity index (χ3v) is 9.05. The van der Waals surface area contributed by atoms with Gasteiger partial charge in [0.25, 0.3) is 0 Å². The first-order valence-electron chi connectivity index (χ1n) is 19.0. The minimum absolute atomic E-state index is 0.00974. The average molecular weight is 890 g/mol. The van der Waals surface area contributed by atoms with Crippen LogP contribution in [0.5, 0.6) is 0 Å². The van der Waals surface area contributed by atoms with Crippen LogP contribution in [-0.4, -0.2) is 148 Å². The molecule has 0 aromatic carbocycles. The van der Waals surface area contributed by atoms with Crippen molar-refractivity contribution in [2.45, 2.75) is 114 Å². The maximum absolute atomic E-state index is 13.8. The van der Waals surface area contributed by atoms with E-state index in [1.807, 2.05) is 0 Å². The quantitative estimate of drug-likeness (QED) is 0.0171. The molecule has 0 radical (unpaired) electrons. The van der Waals surface area contributed by atoms with Crippen LogP contribution >= 0.6 is 11.8 Å². The Bertz CT molecular complexity index is 1590. The Morgan fingerprint density at radius 1 is 0.492 bits per heavy atom. The van der Waals surface area contributed by atoms with Gasteiger partial charge in [-0.05, 0) is 63.4 Å². The number of amides is 7. The summed E-state index contributed by atoms with van der Waals surface area (Å²) in [6.07, 6.45) is -1.40. The lowest BCUT2D eigenvalue weighted by Gasteiger charge is -2.27. The molecule has 0 unspecified atom stereocenters. The summed E-state index contributed by atoms with van der Waals surface area (Å²) >= 11 is 1.26. The number of rotatable bonds is 32. The number of thioether (sulfide) groups is 1. The number of aliphatic carboxylic acids is 3. The Balaban J connectivity index is 6.48. The van der Waals surface area contributed by atoms with E-state index in [0.29, 0.717) is 0 Å². The molecule has 0 bridgehead atoms. The zero-order valence-electron chi connectivity index (χ0n) is 33.9. The van der Waals surface area contributed by atoms with Gasteiger partial charge in [-0.3, -0.25) is 58.8 Å². The van der Waals surface area contributed by atoms with Crippen LogP contribution in [0.2, 0.25) is 0 Å². The smallest absolute Gasteiger partial charge is 0.303 e. The molecule has 0 rings (SSSR count). The van der Waals surface area contributed by atoms with Gasteiger partial charge in [0.15, 0.2) is 11.9 Å². The van der Waals surface area contributed by atoms with Crippen LogP contribution < -0.4 is 59.7 Å². The topological polar surface area (TPSA) is 453 Å². The normalized spacial score (nSPS) is 13.5. The van der Waals surface area contributed by atoms with E-state index in [-0.39, 0.29) is 69.3 Å². The van der Waals surface area contributed by atoms with Gasteiger partial charge in [-0.2, -0.15) is 11.8 Å². The third kappa shape index (κ3) is 25.6. The molecule has 0 aromatic heterocycles. The van der Waals surface area contributed by atoms with Gasteiger partial charge in [0, 0.05) is 39.3 Å². The molecular formula is C34H59N13O13S. The highest BCUT2D eigenvalue weighted by atomic mass is 32.2. The van der Waals surface area contributed by atoms with Crippen LogP contribution in [0.15, 0.2) is 0 Å². The fourth-order valence-corrected chi connectivity index (χ4v) is 5.81. The highest BCUT2D eigenvalue weighted by molar-refractivity contribution is 7.98. The van der Waals surface area contributed by atoms with Crippen molar-refractivity contribution in [3.8, 4) is 0 Å². The van der Waals surface area contributed by atoms with Crippen LogP contribution in [0.25, 0.3) is 0 Å². The number of hydrogen-bond donors (Lipinski definition) is 16. The molecule has 7 amide bonds.